The van der Waals surface area contributed by atoms with Gasteiger partial charge in [0.2, 0.25) is 0 Å². The molecule has 0 saturated heterocycles. The van der Waals surface area contributed by atoms with Crippen molar-refractivity contribution < 1.29 is 14.6 Å². The van der Waals surface area contributed by atoms with Crippen molar-refractivity contribution in [1.82, 2.24) is 5.32 Å². The molecule has 0 bridgehead atoms. The van der Waals surface area contributed by atoms with Gasteiger partial charge >= 0.3 is 0 Å². The van der Waals surface area contributed by atoms with Crippen LogP contribution in [0.25, 0.3) is 0 Å². The predicted octanol–water partition coefficient (Wildman–Crippen LogP) is 1.38. The molecule has 0 spiro atoms. The highest BCUT2D eigenvalue weighted by Gasteiger charge is 2.27. The monoisotopic (exact) mass is 278 g/mol. The normalized spacial score (nSPS) is 18.7. The van der Waals surface area contributed by atoms with E-state index in [1.807, 2.05) is 24.3 Å². The maximum atomic E-state index is 12.2. The molecule has 1 heterocycles. The number of carbonyl (C=O) groups is 1. The lowest BCUT2D eigenvalue weighted by Crippen LogP contribution is -2.49. The Hall–Kier alpha value is -1.75. The number of aliphatic hydroxyl groups excluding tert-OH is 1. The fraction of sp³-hybridized carbons (Fsp3) is 0.533. The molecule has 20 heavy (non-hydrogen) atoms. The Morgan fingerprint density at radius 1 is 1.50 bits per heavy atom. The van der Waals surface area contributed by atoms with Gasteiger partial charge in [-0.05, 0) is 24.5 Å². The summed E-state index contributed by atoms with van der Waals surface area (Å²) in [4.78, 5) is 12.2. The van der Waals surface area contributed by atoms with Gasteiger partial charge in [-0.25, -0.2) is 0 Å². The van der Waals surface area contributed by atoms with Crippen LogP contribution in [0.15, 0.2) is 24.3 Å². The Morgan fingerprint density at radius 3 is 2.95 bits per heavy atom. The zero-order valence-electron chi connectivity index (χ0n) is 11.9. The third kappa shape index (κ3) is 3.63. The Bertz CT molecular complexity index is 462. The van der Waals surface area contributed by atoms with Gasteiger partial charge in [0.05, 0.1) is 24.9 Å². The van der Waals surface area contributed by atoms with Gasteiger partial charge in [-0.1, -0.05) is 26.0 Å². The van der Waals surface area contributed by atoms with E-state index >= 15 is 0 Å². The molecule has 2 atom stereocenters. The topological polar surface area (TPSA) is 70.6 Å². The van der Waals surface area contributed by atoms with Gasteiger partial charge in [-0.3, -0.25) is 4.79 Å². The largest absolute Gasteiger partial charge is 0.477 e. The first-order valence-corrected chi connectivity index (χ1v) is 7.01. The molecular formula is C15H22N2O3. The average molecular weight is 278 g/mol. The van der Waals surface area contributed by atoms with Crippen molar-refractivity contribution in [2.75, 3.05) is 18.5 Å². The lowest BCUT2D eigenvalue weighted by Gasteiger charge is -2.28. The van der Waals surface area contributed by atoms with E-state index in [0.29, 0.717) is 18.2 Å². The van der Waals surface area contributed by atoms with E-state index in [0.717, 1.165) is 12.1 Å². The van der Waals surface area contributed by atoms with Gasteiger partial charge < -0.3 is 20.5 Å². The van der Waals surface area contributed by atoms with Crippen molar-refractivity contribution in [3.8, 4) is 5.75 Å². The molecule has 1 aromatic carbocycles. The molecule has 1 aliphatic heterocycles. The quantitative estimate of drug-likeness (QED) is 0.761. The molecule has 1 aliphatic rings. The van der Waals surface area contributed by atoms with Crippen LogP contribution in [0.1, 0.15) is 20.3 Å². The minimum absolute atomic E-state index is 0.0549. The Kier molecular flexibility index (Phi) is 4.84. The minimum atomic E-state index is -0.564. The molecule has 5 nitrogen and oxygen atoms in total. The van der Waals surface area contributed by atoms with Crippen LogP contribution in [0, 0.1) is 5.92 Å². The average Bonchev–Trinajstić information content (AvgIpc) is 2.45. The minimum Gasteiger partial charge on any atom is -0.477 e. The highest BCUT2D eigenvalue weighted by atomic mass is 16.5. The summed E-state index contributed by atoms with van der Waals surface area (Å²) in [6.07, 6.45) is 0.185. The number of anilines is 1. The fourth-order valence-electron chi connectivity index (χ4n) is 2.30. The number of fused-ring (bicyclic) bond motifs is 1. The number of benzene rings is 1. The molecule has 0 aliphatic carbocycles. The number of hydrogen-bond donors (Lipinski definition) is 3. The maximum absolute atomic E-state index is 12.2. The molecule has 3 N–H and O–H groups in total. The van der Waals surface area contributed by atoms with Gasteiger partial charge in [0.25, 0.3) is 5.91 Å². The van der Waals surface area contributed by atoms with E-state index in [-0.39, 0.29) is 18.6 Å². The molecule has 0 saturated carbocycles. The van der Waals surface area contributed by atoms with Crippen LogP contribution in [0.3, 0.4) is 0 Å². The van der Waals surface area contributed by atoms with Crippen molar-refractivity contribution in [2.45, 2.75) is 32.4 Å². The number of para-hydroxylation sites is 2. The number of rotatable bonds is 5. The Morgan fingerprint density at radius 2 is 2.25 bits per heavy atom. The molecule has 0 fully saturated rings. The van der Waals surface area contributed by atoms with Gasteiger partial charge in [0.15, 0.2) is 6.10 Å². The third-order valence-corrected chi connectivity index (χ3v) is 3.25. The van der Waals surface area contributed by atoms with E-state index in [1.165, 1.54) is 0 Å². The van der Waals surface area contributed by atoms with Crippen LogP contribution in [-0.4, -0.2) is 36.3 Å². The first-order chi connectivity index (χ1) is 9.60. The first kappa shape index (κ1) is 14.7. The van der Waals surface area contributed by atoms with Gasteiger partial charge in [0, 0.05) is 0 Å². The number of carbonyl (C=O) groups excluding carboxylic acids is 1. The number of nitrogens with one attached hydrogen (secondary N) is 2. The molecule has 2 unspecified atom stereocenters. The molecule has 1 amide bonds. The Labute approximate surface area is 119 Å². The maximum Gasteiger partial charge on any atom is 0.263 e. The van der Waals surface area contributed by atoms with E-state index in [9.17, 15) is 9.90 Å². The predicted molar refractivity (Wildman–Crippen MR) is 77.8 cm³/mol. The summed E-state index contributed by atoms with van der Waals surface area (Å²) in [6.45, 7) is 4.50. The molecule has 2 rings (SSSR count). The third-order valence-electron chi connectivity index (χ3n) is 3.25. The molecule has 0 radical (unpaired) electrons. The van der Waals surface area contributed by atoms with Crippen molar-refractivity contribution in [1.29, 1.82) is 0 Å². The van der Waals surface area contributed by atoms with Crippen molar-refractivity contribution >= 4 is 11.6 Å². The number of aliphatic hydroxyl groups is 1. The van der Waals surface area contributed by atoms with Gasteiger partial charge in [-0.15, -0.1) is 0 Å². The van der Waals surface area contributed by atoms with Crippen LogP contribution in [-0.2, 0) is 4.79 Å². The number of amides is 1. The summed E-state index contributed by atoms with van der Waals surface area (Å²) in [5.41, 5.74) is 0.900. The van der Waals surface area contributed by atoms with Crippen LogP contribution in [0.2, 0.25) is 0 Å². The second kappa shape index (κ2) is 6.61. The highest BCUT2D eigenvalue weighted by Crippen LogP contribution is 2.28. The lowest BCUT2D eigenvalue weighted by molar-refractivity contribution is -0.128. The first-order valence-electron chi connectivity index (χ1n) is 7.01. The van der Waals surface area contributed by atoms with Crippen LogP contribution in [0.4, 0.5) is 5.69 Å². The zero-order valence-corrected chi connectivity index (χ0v) is 11.9. The summed E-state index contributed by atoms with van der Waals surface area (Å²) in [7, 11) is 0. The second-order valence-corrected chi connectivity index (χ2v) is 5.50. The zero-order chi connectivity index (χ0) is 14.5. The smallest absolute Gasteiger partial charge is 0.263 e. The van der Waals surface area contributed by atoms with E-state index in [1.54, 1.807) is 0 Å². The van der Waals surface area contributed by atoms with Crippen LogP contribution >= 0.6 is 0 Å². The Balaban J connectivity index is 1.94. The van der Waals surface area contributed by atoms with E-state index < -0.39 is 6.10 Å². The highest BCUT2D eigenvalue weighted by molar-refractivity contribution is 5.83. The van der Waals surface area contributed by atoms with Crippen molar-refractivity contribution in [2.24, 2.45) is 5.92 Å². The fourth-order valence-corrected chi connectivity index (χ4v) is 2.30. The molecular weight excluding hydrogens is 256 g/mol. The SMILES string of the molecule is CC(C)CC(CO)NC(=O)C1CNc2ccccc2O1. The molecule has 110 valence electrons. The standard InChI is InChI=1S/C15H22N2O3/c1-10(2)7-11(9-18)17-15(19)14-8-16-12-5-3-4-6-13(12)20-14/h3-6,10-11,14,16,18H,7-9H2,1-2H3,(H,17,19). The second-order valence-electron chi connectivity index (χ2n) is 5.50. The molecule has 0 aromatic heterocycles. The summed E-state index contributed by atoms with van der Waals surface area (Å²) >= 11 is 0. The summed E-state index contributed by atoms with van der Waals surface area (Å²) in [6, 6.07) is 7.32. The lowest BCUT2D eigenvalue weighted by atomic mass is 10.0. The van der Waals surface area contributed by atoms with Crippen LogP contribution in [0.5, 0.6) is 5.75 Å². The van der Waals surface area contributed by atoms with E-state index in [2.05, 4.69) is 24.5 Å². The summed E-state index contributed by atoms with van der Waals surface area (Å²) in [5.74, 6) is 0.911. The number of hydrogen-bond acceptors (Lipinski definition) is 4. The number of ether oxygens (including phenoxy) is 1. The van der Waals surface area contributed by atoms with Gasteiger partial charge in [-0.2, -0.15) is 0 Å². The van der Waals surface area contributed by atoms with Crippen LogP contribution < -0.4 is 15.4 Å². The van der Waals surface area contributed by atoms with E-state index in [4.69, 9.17) is 4.74 Å². The summed E-state index contributed by atoms with van der Waals surface area (Å²) in [5, 5.41) is 15.3. The molecule has 1 aromatic rings. The van der Waals surface area contributed by atoms with Crippen molar-refractivity contribution in [3.05, 3.63) is 24.3 Å². The van der Waals surface area contributed by atoms with Gasteiger partial charge in [0.1, 0.15) is 5.75 Å². The summed E-state index contributed by atoms with van der Waals surface area (Å²) < 4.78 is 5.69. The van der Waals surface area contributed by atoms with Crippen molar-refractivity contribution in [3.63, 3.8) is 0 Å². The molecule has 5 heteroatoms.